The molecule has 21 nitrogen and oxygen atoms in total. The first-order valence-electron chi connectivity index (χ1n) is 21.7. The molecule has 0 fully saturated rings. The Hall–Kier alpha value is -5.78. The van der Waals surface area contributed by atoms with Crippen LogP contribution < -0.4 is 33.6 Å². The van der Waals surface area contributed by atoms with E-state index in [1.165, 1.54) is 0 Å². The number of amides is 2. The standard InChI is InChI=1S/C44H63ClN10O11/c1-2-3-4-7-18-55(21-28(57)33(59)34(60)29(58)22-56)19-8-9-23-11-15-26(16-12-23)51-42(65)27(46)20-25-14-13-24(30-31(25)36(62)38(64)37(63)35(30)61)10-5-6-17-50-44(49)54-43(66)32-40(47)53-41(48)39(45)52-32/h11-16,27-29,33-34,56-64H,2-10,17-22,46H2,1H3,(H,51,65)(H4,47,48,53)(H3,49,50,54,66)/t27-,28-,29+,33+,34+/m0/s1. The van der Waals surface area contributed by atoms with Gasteiger partial charge in [-0.1, -0.05) is 62.1 Å². The number of carbonyl (C=O) groups is 2. The molecular formula is C44H63ClN10O11. The number of hydrogen-bond donors (Lipinski definition) is 15. The van der Waals surface area contributed by atoms with Crippen LogP contribution in [0.15, 0.2) is 41.4 Å². The molecule has 4 aromatic rings. The van der Waals surface area contributed by atoms with E-state index in [0.29, 0.717) is 62.0 Å². The highest BCUT2D eigenvalue weighted by Crippen LogP contribution is 2.51. The van der Waals surface area contributed by atoms with Crippen molar-refractivity contribution in [3.63, 3.8) is 0 Å². The Labute approximate surface area is 386 Å². The van der Waals surface area contributed by atoms with Crippen molar-refractivity contribution in [2.45, 2.75) is 102 Å². The average Bonchev–Trinajstić information content (AvgIpc) is 3.29. The predicted octanol–water partition coefficient (Wildman–Crippen LogP) is 1.10. The fourth-order valence-electron chi connectivity index (χ4n) is 7.34. The lowest BCUT2D eigenvalue weighted by Gasteiger charge is -2.30. The van der Waals surface area contributed by atoms with E-state index in [1.54, 1.807) is 24.3 Å². The van der Waals surface area contributed by atoms with E-state index >= 15 is 0 Å². The van der Waals surface area contributed by atoms with Crippen LogP contribution >= 0.6 is 11.6 Å². The van der Waals surface area contributed by atoms with Gasteiger partial charge in [-0.2, -0.15) is 0 Å². The molecule has 0 radical (unpaired) electrons. The molecule has 0 aliphatic carbocycles. The number of fused-ring (bicyclic) bond motifs is 1. The number of halogens is 1. The second-order valence-corrected chi connectivity index (χ2v) is 16.5. The summed E-state index contributed by atoms with van der Waals surface area (Å²) < 4.78 is 0. The molecule has 1 aromatic heterocycles. The van der Waals surface area contributed by atoms with Crippen LogP contribution in [0.3, 0.4) is 0 Å². The number of unbranched alkanes of at least 4 members (excludes halogenated alkanes) is 4. The summed E-state index contributed by atoms with van der Waals surface area (Å²) in [4.78, 5) is 39.5. The van der Waals surface area contributed by atoms with Crippen molar-refractivity contribution in [1.29, 1.82) is 0 Å². The number of carbonyl (C=O) groups excluding carboxylic acids is 2. The van der Waals surface area contributed by atoms with E-state index < -0.39 is 71.9 Å². The van der Waals surface area contributed by atoms with Crippen LogP contribution in [0.2, 0.25) is 5.15 Å². The van der Waals surface area contributed by atoms with E-state index in [0.717, 1.165) is 31.2 Å². The van der Waals surface area contributed by atoms with E-state index in [-0.39, 0.29) is 58.7 Å². The third-order valence-electron chi connectivity index (χ3n) is 11.1. The van der Waals surface area contributed by atoms with E-state index in [1.807, 2.05) is 17.0 Å². The zero-order valence-electron chi connectivity index (χ0n) is 36.8. The van der Waals surface area contributed by atoms with Crippen LogP contribution in [0, 0.1) is 0 Å². The molecule has 3 aromatic carbocycles. The summed E-state index contributed by atoms with van der Waals surface area (Å²) >= 11 is 5.84. The summed E-state index contributed by atoms with van der Waals surface area (Å²) in [6.45, 7) is 2.82. The minimum absolute atomic E-state index is 0.00586. The monoisotopic (exact) mass is 942 g/mol. The Morgan fingerprint density at radius 1 is 0.773 bits per heavy atom. The molecule has 2 amide bonds. The number of nitrogens with two attached hydrogens (primary N) is 4. The quantitative estimate of drug-likeness (QED) is 0.0145. The van der Waals surface area contributed by atoms with Gasteiger partial charge in [0.05, 0.1) is 18.8 Å². The second-order valence-electron chi connectivity index (χ2n) is 16.1. The number of aliphatic imine (C=N–C) groups is 1. The molecule has 0 saturated carbocycles. The van der Waals surface area contributed by atoms with Gasteiger partial charge in [0.15, 0.2) is 39.9 Å². The summed E-state index contributed by atoms with van der Waals surface area (Å²) in [5.74, 6) is -5.19. The summed E-state index contributed by atoms with van der Waals surface area (Å²) in [5.41, 5.74) is 25.4. The average molecular weight is 944 g/mol. The van der Waals surface area contributed by atoms with Crippen LogP contribution in [0.4, 0.5) is 17.3 Å². The molecule has 22 heteroatoms. The van der Waals surface area contributed by atoms with Crippen LogP contribution in [0.25, 0.3) is 10.8 Å². The number of guanidine groups is 1. The highest BCUT2D eigenvalue weighted by atomic mass is 35.5. The topological polar surface area (TPSA) is 386 Å². The molecule has 362 valence electrons. The first-order chi connectivity index (χ1) is 31.4. The van der Waals surface area contributed by atoms with Crippen molar-refractivity contribution < 1.29 is 55.5 Å². The highest BCUT2D eigenvalue weighted by molar-refractivity contribution is 6.31. The Bertz CT molecular complexity index is 2290. The SMILES string of the molecule is CCCCCCN(CCCc1ccc(NC(=O)[C@@H](N)Cc2ccc(CCCCN=C(N)NC(=O)c3nc(Cl)c(N)nc3N)c3c(O)c(O)c(O)c(O)c23)cc1)C[C@H](O)[C@@H](O)[C@H](O)[C@H](O)CO. The van der Waals surface area contributed by atoms with Crippen molar-refractivity contribution in [3.8, 4) is 23.0 Å². The summed E-state index contributed by atoms with van der Waals surface area (Å²) in [6.07, 6.45) is 0.159. The molecule has 66 heavy (non-hydrogen) atoms. The molecule has 0 unspecified atom stereocenters. The predicted molar refractivity (Wildman–Crippen MR) is 250 cm³/mol. The van der Waals surface area contributed by atoms with Crippen molar-refractivity contribution in [2.75, 3.05) is 49.6 Å². The van der Waals surface area contributed by atoms with Crippen molar-refractivity contribution in [2.24, 2.45) is 16.5 Å². The number of hydrogen-bond acceptors (Lipinski definition) is 18. The third-order valence-corrected chi connectivity index (χ3v) is 11.3. The van der Waals surface area contributed by atoms with Gasteiger partial charge < -0.3 is 79.1 Å². The number of phenolic OH excluding ortho intramolecular Hbond substituents is 4. The number of benzene rings is 3. The van der Waals surface area contributed by atoms with E-state index in [4.69, 9.17) is 39.6 Å². The fourth-order valence-corrected chi connectivity index (χ4v) is 7.47. The Kier molecular flexibility index (Phi) is 20.2. The number of aromatic hydroxyl groups is 4. The van der Waals surface area contributed by atoms with Gasteiger partial charge >= 0.3 is 0 Å². The maximum Gasteiger partial charge on any atom is 0.280 e. The third kappa shape index (κ3) is 14.4. The molecular weight excluding hydrogens is 880 g/mol. The number of aliphatic hydroxyl groups excluding tert-OH is 5. The molecule has 0 aliphatic heterocycles. The molecule has 0 aliphatic rings. The maximum absolute atomic E-state index is 13.3. The van der Waals surface area contributed by atoms with Crippen LogP contribution in [-0.4, -0.2) is 142 Å². The fraction of sp³-hybridized carbons (Fsp3) is 0.477. The second kappa shape index (κ2) is 25.2. The largest absolute Gasteiger partial charge is 0.504 e. The van der Waals surface area contributed by atoms with Gasteiger partial charge in [-0.25, -0.2) is 9.97 Å². The minimum atomic E-state index is -1.70. The van der Waals surface area contributed by atoms with Gasteiger partial charge in [0, 0.05) is 29.5 Å². The van der Waals surface area contributed by atoms with Crippen molar-refractivity contribution in [1.82, 2.24) is 20.2 Å². The van der Waals surface area contributed by atoms with Gasteiger partial charge in [-0.3, -0.25) is 19.9 Å². The minimum Gasteiger partial charge on any atom is -0.504 e. The van der Waals surface area contributed by atoms with E-state index in [9.17, 15) is 50.4 Å². The van der Waals surface area contributed by atoms with Gasteiger partial charge in [-0.15, -0.1) is 0 Å². The first-order valence-corrected chi connectivity index (χ1v) is 22.1. The zero-order chi connectivity index (χ0) is 48.7. The van der Waals surface area contributed by atoms with Crippen LogP contribution in [0.1, 0.15) is 79.0 Å². The molecule has 4 rings (SSSR count). The number of aromatic nitrogens is 2. The lowest BCUT2D eigenvalue weighted by atomic mass is 9.91. The van der Waals surface area contributed by atoms with Gasteiger partial charge in [0.25, 0.3) is 5.91 Å². The molecule has 1 heterocycles. The van der Waals surface area contributed by atoms with Gasteiger partial charge in [-0.05, 0) is 86.9 Å². The lowest BCUT2D eigenvalue weighted by molar-refractivity contribution is -0.119. The smallest absolute Gasteiger partial charge is 0.280 e. The number of nitrogens with one attached hydrogen (secondary N) is 2. The Morgan fingerprint density at radius 2 is 1.39 bits per heavy atom. The number of nitrogen functional groups attached to an aromatic ring is 2. The van der Waals surface area contributed by atoms with Crippen molar-refractivity contribution in [3.05, 3.63) is 63.9 Å². The number of aliphatic hydroxyl groups is 5. The summed E-state index contributed by atoms with van der Waals surface area (Å²) in [7, 11) is 0. The summed E-state index contributed by atoms with van der Waals surface area (Å²) in [5, 5.41) is 97.7. The number of anilines is 3. The number of phenols is 4. The first kappa shape index (κ1) is 52.8. The molecule has 0 bridgehead atoms. The zero-order valence-corrected chi connectivity index (χ0v) is 37.5. The number of aryl methyl sites for hydroxylation is 2. The molecule has 0 spiro atoms. The van der Waals surface area contributed by atoms with Gasteiger partial charge in [0.1, 0.15) is 18.3 Å². The molecule has 5 atom stereocenters. The van der Waals surface area contributed by atoms with Crippen LogP contribution in [0.5, 0.6) is 23.0 Å². The van der Waals surface area contributed by atoms with E-state index in [2.05, 4.69) is 32.5 Å². The number of rotatable bonds is 25. The highest BCUT2D eigenvalue weighted by Gasteiger charge is 2.31. The Morgan fingerprint density at radius 3 is 2.05 bits per heavy atom. The van der Waals surface area contributed by atoms with Crippen LogP contribution in [-0.2, 0) is 24.1 Å². The Balaban J connectivity index is 1.35. The lowest BCUT2D eigenvalue weighted by Crippen LogP contribution is -2.50. The normalized spacial score (nSPS) is 14.2. The molecule has 19 N–H and O–H groups in total. The maximum atomic E-state index is 13.3. The number of nitrogens with zero attached hydrogens (tertiary/aromatic N) is 4. The summed E-state index contributed by atoms with van der Waals surface area (Å²) in [6, 6.07) is 9.28. The van der Waals surface area contributed by atoms with Crippen molar-refractivity contribution >= 4 is 57.5 Å². The van der Waals surface area contributed by atoms with Gasteiger partial charge in [0.2, 0.25) is 17.4 Å². The molecule has 0 saturated heterocycles.